The summed E-state index contributed by atoms with van der Waals surface area (Å²) in [6.07, 6.45) is 0. The Bertz CT molecular complexity index is 709. The van der Waals surface area contributed by atoms with E-state index in [9.17, 15) is 9.90 Å². The lowest BCUT2D eigenvalue weighted by atomic mass is 10.1. The zero-order chi connectivity index (χ0) is 16.1. The first-order valence-electron chi connectivity index (χ1n) is 6.52. The highest BCUT2D eigenvalue weighted by Crippen LogP contribution is 2.24. The Morgan fingerprint density at radius 1 is 1.18 bits per heavy atom. The number of aromatic carboxylic acids is 1. The van der Waals surface area contributed by atoms with E-state index in [-0.39, 0.29) is 11.3 Å². The minimum atomic E-state index is -0.977. The summed E-state index contributed by atoms with van der Waals surface area (Å²) in [5, 5.41) is 22.9. The summed E-state index contributed by atoms with van der Waals surface area (Å²) in [4.78, 5) is 10.8. The van der Waals surface area contributed by atoms with Crippen LogP contribution >= 0.6 is 0 Å². The molecular weight excluding hydrogens is 284 g/mol. The number of rotatable bonds is 5. The third kappa shape index (κ3) is 3.54. The van der Waals surface area contributed by atoms with Crippen LogP contribution in [0.3, 0.4) is 0 Å². The van der Waals surface area contributed by atoms with E-state index >= 15 is 0 Å². The van der Waals surface area contributed by atoms with Crippen LogP contribution in [0.2, 0.25) is 0 Å². The van der Waals surface area contributed by atoms with Crippen LogP contribution in [0.5, 0.6) is 11.5 Å². The molecule has 6 nitrogen and oxygen atoms in total. The van der Waals surface area contributed by atoms with Gasteiger partial charge in [-0.2, -0.15) is 5.10 Å². The molecule has 0 saturated carbocycles. The van der Waals surface area contributed by atoms with Crippen LogP contribution in [0.15, 0.2) is 47.6 Å². The third-order valence-corrected chi connectivity index (χ3v) is 3.08. The molecule has 2 aromatic rings. The van der Waals surface area contributed by atoms with E-state index in [2.05, 4.69) is 10.5 Å². The topological polar surface area (TPSA) is 91.2 Å². The second kappa shape index (κ2) is 6.62. The molecular formula is C16H16N2O4. The van der Waals surface area contributed by atoms with Crippen molar-refractivity contribution in [3.63, 3.8) is 0 Å². The van der Waals surface area contributed by atoms with Crippen molar-refractivity contribution in [1.29, 1.82) is 0 Å². The molecule has 0 fully saturated rings. The van der Waals surface area contributed by atoms with Gasteiger partial charge in [0.2, 0.25) is 0 Å². The van der Waals surface area contributed by atoms with Crippen molar-refractivity contribution in [3.05, 3.63) is 53.6 Å². The number of carboxylic acids is 1. The molecule has 3 N–H and O–H groups in total. The molecule has 0 unspecified atom stereocenters. The van der Waals surface area contributed by atoms with Crippen molar-refractivity contribution in [2.45, 2.75) is 6.92 Å². The second-order valence-corrected chi connectivity index (χ2v) is 4.57. The number of carbonyl (C=O) groups is 1. The molecule has 114 valence electrons. The normalized spacial score (nSPS) is 11.1. The lowest BCUT2D eigenvalue weighted by molar-refractivity contribution is 0.0697. The zero-order valence-corrected chi connectivity index (χ0v) is 12.2. The standard InChI is InChI=1S/C16H16N2O4/c1-10(14-8-7-13(22-2)9-15(14)19)17-18-12-5-3-11(4-6-12)16(20)21/h3-9,18-19H,1-2H3,(H,20,21)/b17-10+. The summed E-state index contributed by atoms with van der Waals surface area (Å²) in [5.74, 6) is -0.343. The van der Waals surface area contributed by atoms with Gasteiger partial charge in [0, 0.05) is 11.6 Å². The van der Waals surface area contributed by atoms with E-state index in [1.54, 1.807) is 31.2 Å². The Hall–Kier alpha value is -3.02. The SMILES string of the molecule is COc1ccc(/C(C)=N/Nc2ccc(C(=O)O)cc2)c(O)c1. The highest BCUT2D eigenvalue weighted by Gasteiger charge is 2.06. The van der Waals surface area contributed by atoms with Crippen molar-refractivity contribution < 1.29 is 19.7 Å². The highest BCUT2D eigenvalue weighted by molar-refractivity contribution is 6.01. The molecule has 2 aromatic carbocycles. The van der Waals surface area contributed by atoms with Crippen LogP contribution in [0.1, 0.15) is 22.8 Å². The second-order valence-electron chi connectivity index (χ2n) is 4.57. The van der Waals surface area contributed by atoms with Crippen LogP contribution in [-0.2, 0) is 0 Å². The molecule has 0 saturated heterocycles. The maximum Gasteiger partial charge on any atom is 0.335 e. The van der Waals surface area contributed by atoms with E-state index in [4.69, 9.17) is 9.84 Å². The number of benzene rings is 2. The molecule has 0 heterocycles. The van der Waals surface area contributed by atoms with Crippen LogP contribution in [-0.4, -0.2) is 29.0 Å². The molecule has 0 amide bonds. The summed E-state index contributed by atoms with van der Waals surface area (Å²) in [6, 6.07) is 11.2. The summed E-state index contributed by atoms with van der Waals surface area (Å²) in [6.45, 7) is 1.75. The average molecular weight is 300 g/mol. The number of hydrogen-bond acceptors (Lipinski definition) is 5. The van der Waals surface area contributed by atoms with E-state index in [0.29, 0.717) is 22.7 Å². The van der Waals surface area contributed by atoms with Gasteiger partial charge in [-0.05, 0) is 43.3 Å². The van der Waals surface area contributed by atoms with Crippen molar-refractivity contribution in [2.24, 2.45) is 5.10 Å². The fraction of sp³-hybridized carbons (Fsp3) is 0.125. The van der Waals surface area contributed by atoms with E-state index in [1.165, 1.54) is 25.3 Å². The first-order chi connectivity index (χ1) is 10.5. The van der Waals surface area contributed by atoms with Gasteiger partial charge >= 0.3 is 5.97 Å². The van der Waals surface area contributed by atoms with E-state index in [0.717, 1.165) is 0 Å². The quantitative estimate of drug-likeness (QED) is 0.583. The molecule has 0 aliphatic rings. The molecule has 0 aromatic heterocycles. The maximum absolute atomic E-state index is 10.8. The highest BCUT2D eigenvalue weighted by atomic mass is 16.5. The number of ether oxygens (including phenoxy) is 1. The first kappa shape index (κ1) is 15.4. The number of hydrazone groups is 1. The molecule has 0 bridgehead atoms. The van der Waals surface area contributed by atoms with E-state index < -0.39 is 5.97 Å². The molecule has 2 rings (SSSR count). The van der Waals surface area contributed by atoms with Crippen molar-refractivity contribution >= 4 is 17.4 Å². The number of aromatic hydroxyl groups is 1. The number of nitrogens with zero attached hydrogens (tertiary/aromatic N) is 1. The summed E-state index contributed by atoms with van der Waals surface area (Å²) in [5.41, 5.74) is 4.84. The van der Waals surface area contributed by atoms with Crippen molar-refractivity contribution in [2.75, 3.05) is 12.5 Å². The van der Waals surface area contributed by atoms with Gasteiger partial charge in [-0.1, -0.05) is 0 Å². The number of nitrogens with one attached hydrogen (secondary N) is 1. The van der Waals surface area contributed by atoms with Crippen molar-refractivity contribution in [1.82, 2.24) is 0 Å². The lowest BCUT2D eigenvalue weighted by Gasteiger charge is -2.07. The molecule has 0 radical (unpaired) electrons. The Labute approximate surface area is 127 Å². The number of phenols is 1. The van der Waals surface area contributed by atoms with Gasteiger partial charge < -0.3 is 14.9 Å². The smallest absolute Gasteiger partial charge is 0.335 e. The Kier molecular flexibility index (Phi) is 4.63. The molecule has 0 spiro atoms. The van der Waals surface area contributed by atoms with Crippen molar-refractivity contribution in [3.8, 4) is 11.5 Å². The van der Waals surface area contributed by atoms with Gasteiger partial charge in [0.15, 0.2) is 0 Å². The predicted molar refractivity (Wildman–Crippen MR) is 83.9 cm³/mol. The first-order valence-corrected chi connectivity index (χ1v) is 6.52. The molecule has 0 aliphatic carbocycles. The fourth-order valence-corrected chi connectivity index (χ4v) is 1.84. The van der Waals surface area contributed by atoms with Crippen LogP contribution in [0.25, 0.3) is 0 Å². The number of carboxylic acid groups (broad SMARTS) is 1. The lowest BCUT2D eigenvalue weighted by Crippen LogP contribution is -2.01. The van der Waals surface area contributed by atoms with Gasteiger partial charge in [-0.15, -0.1) is 0 Å². The maximum atomic E-state index is 10.8. The Balaban J connectivity index is 2.14. The predicted octanol–water partition coefficient (Wildman–Crippen LogP) is 2.94. The van der Waals surface area contributed by atoms with Gasteiger partial charge in [0.25, 0.3) is 0 Å². The van der Waals surface area contributed by atoms with Gasteiger partial charge in [-0.25, -0.2) is 4.79 Å². The Morgan fingerprint density at radius 2 is 1.86 bits per heavy atom. The summed E-state index contributed by atoms with van der Waals surface area (Å²) >= 11 is 0. The average Bonchev–Trinajstić information content (AvgIpc) is 2.52. The van der Waals surface area contributed by atoms with E-state index in [1.807, 2.05) is 0 Å². The van der Waals surface area contributed by atoms with Gasteiger partial charge in [0.05, 0.1) is 24.1 Å². The van der Waals surface area contributed by atoms with Crippen LogP contribution in [0.4, 0.5) is 5.69 Å². The number of anilines is 1. The number of phenolic OH excluding ortho intramolecular Hbond substituents is 1. The Morgan fingerprint density at radius 3 is 2.41 bits per heavy atom. The minimum absolute atomic E-state index is 0.0728. The number of hydrogen-bond donors (Lipinski definition) is 3. The largest absolute Gasteiger partial charge is 0.507 e. The molecule has 6 heteroatoms. The zero-order valence-electron chi connectivity index (χ0n) is 12.2. The monoisotopic (exact) mass is 300 g/mol. The molecule has 22 heavy (non-hydrogen) atoms. The van der Waals surface area contributed by atoms with Crippen LogP contribution in [0, 0.1) is 0 Å². The fourth-order valence-electron chi connectivity index (χ4n) is 1.84. The molecule has 0 atom stereocenters. The third-order valence-electron chi connectivity index (χ3n) is 3.08. The minimum Gasteiger partial charge on any atom is -0.507 e. The summed E-state index contributed by atoms with van der Waals surface area (Å²) in [7, 11) is 1.53. The van der Waals surface area contributed by atoms with Crippen LogP contribution < -0.4 is 10.2 Å². The summed E-state index contributed by atoms with van der Waals surface area (Å²) < 4.78 is 5.03. The van der Waals surface area contributed by atoms with Gasteiger partial charge in [0.1, 0.15) is 11.5 Å². The number of methoxy groups -OCH3 is 1. The molecule has 0 aliphatic heterocycles. The van der Waals surface area contributed by atoms with Gasteiger partial charge in [-0.3, -0.25) is 5.43 Å².